The SMILES string of the molecule is Cc1nc2n(n1)C[C@@H](N[C@@H](c1ccccc1)c1ccc(F)cn1)CC2. The summed E-state index contributed by atoms with van der Waals surface area (Å²) in [5.41, 5.74) is 1.93. The molecule has 0 fully saturated rings. The van der Waals surface area contributed by atoms with E-state index in [1.54, 1.807) is 6.07 Å². The van der Waals surface area contributed by atoms with Crippen LogP contribution in [0.4, 0.5) is 4.39 Å². The average molecular weight is 337 g/mol. The van der Waals surface area contributed by atoms with Crippen molar-refractivity contribution in [2.75, 3.05) is 0 Å². The molecule has 0 saturated heterocycles. The smallest absolute Gasteiger partial charge is 0.147 e. The molecule has 1 N–H and O–H groups in total. The predicted octanol–water partition coefficient (Wildman–Crippen LogP) is 2.81. The van der Waals surface area contributed by atoms with Gasteiger partial charge in [-0.15, -0.1) is 0 Å². The number of benzene rings is 1. The fourth-order valence-corrected chi connectivity index (χ4v) is 3.36. The third-order valence-corrected chi connectivity index (χ3v) is 4.55. The molecule has 1 aliphatic heterocycles. The Labute approximate surface area is 145 Å². The van der Waals surface area contributed by atoms with E-state index in [2.05, 4.69) is 32.5 Å². The van der Waals surface area contributed by atoms with Crippen LogP contribution < -0.4 is 5.32 Å². The molecule has 3 aromatic rings. The summed E-state index contributed by atoms with van der Waals surface area (Å²) in [6, 6.07) is 13.5. The average Bonchev–Trinajstić information content (AvgIpc) is 3.00. The zero-order valence-corrected chi connectivity index (χ0v) is 14.1. The molecule has 1 aliphatic rings. The van der Waals surface area contributed by atoms with Crippen LogP contribution in [0.25, 0.3) is 0 Å². The molecule has 2 atom stereocenters. The van der Waals surface area contributed by atoms with Gasteiger partial charge < -0.3 is 5.32 Å². The molecule has 0 amide bonds. The van der Waals surface area contributed by atoms with Crippen molar-refractivity contribution in [3.05, 3.63) is 77.4 Å². The lowest BCUT2D eigenvalue weighted by Gasteiger charge is -2.28. The Balaban J connectivity index is 1.60. The van der Waals surface area contributed by atoms with E-state index in [1.807, 2.05) is 29.8 Å². The van der Waals surface area contributed by atoms with E-state index in [0.717, 1.165) is 42.3 Å². The van der Waals surface area contributed by atoms with Crippen LogP contribution in [-0.2, 0) is 13.0 Å². The second-order valence-corrected chi connectivity index (χ2v) is 6.40. The van der Waals surface area contributed by atoms with E-state index in [-0.39, 0.29) is 17.9 Å². The largest absolute Gasteiger partial charge is 0.300 e. The summed E-state index contributed by atoms with van der Waals surface area (Å²) in [6.07, 6.45) is 3.16. The molecule has 0 unspecified atom stereocenters. The van der Waals surface area contributed by atoms with Crippen molar-refractivity contribution in [1.82, 2.24) is 25.1 Å². The highest BCUT2D eigenvalue weighted by Crippen LogP contribution is 2.23. The molecule has 0 radical (unpaired) electrons. The third kappa shape index (κ3) is 3.44. The van der Waals surface area contributed by atoms with E-state index in [1.165, 1.54) is 12.3 Å². The fraction of sp³-hybridized carbons (Fsp3) is 0.316. The molecular weight excluding hydrogens is 317 g/mol. The van der Waals surface area contributed by atoms with Crippen molar-refractivity contribution in [3.63, 3.8) is 0 Å². The van der Waals surface area contributed by atoms with E-state index in [4.69, 9.17) is 0 Å². The molecule has 5 nitrogen and oxygen atoms in total. The van der Waals surface area contributed by atoms with Gasteiger partial charge in [-0.25, -0.2) is 14.1 Å². The number of fused-ring (bicyclic) bond motifs is 1. The Bertz CT molecular complexity index is 844. The molecule has 3 heterocycles. The topological polar surface area (TPSA) is 55.6 Å². The highest BCUT2D eigenvalue weighted by atomic mass is 19.1. The normalized spacial score (nSPS) is 17.9. The Morgan fingerprint density at radius 1 is 1.20 bits per heavy atom. The lowest BCUT2D eigenvalue weighted by molar-refractivity contribution is 0.339. The first-order valence-electron chi connectivity index (χ1n) is 8.52. The molecular formula is C19H20FN5. The molecule has 4 rings (SSSR count). The van der Waals surface area contributed by atoms with Gasteiger partial charge in [-0.2, -0.15) is 5.10 Å². The van der Waals surface area contributed by atoms with Crippen molar-refractivity contribution < 1.29 is 4.39 Å². The van der Waals surface area contributed by atoms with Crippen molar-refractivity contribution >= 4 is 0 Å². The summed E-state index contributed by atoms with van der Waals surface area (Å²) in [4.78, 5) is 8.76. The number of aromatic nitrogens is 4. The number of nitrogens with one attached hydrogen (secondary N) is 1. The van der Waals surface area contributed by atoms with E-state index in [0.29, 0.717) is 0 Å². The number of hydrogen-bond acceptors (Lipinski definition) is 4. The summed E-state index contributed by atoms with van der Waals surface area (Å²) in [6.45, 7) is 2.70. The number of aryl methyl sites for hydroxylation is 2. The Morgan fingerprint density at radius 3 is 2.80 bits per heavy atom. The van der Waals surface area contributed by atoms with Gasteiger partial charge in [-0.3, -0.25) is 4.98 Å². The van der Waals surface area contributed by atoms with Gasteiger partial charge in [0.05, 0.1) is 24.5 Å². The second-order valence-electron chi connectivity index (χ2n) is 6.40. The molecule has 2 aromatic heterocycles. The van der Waals surface area contributed by atoms with Crippen LogP contribution >= 0.6 is 0 Å². The Morgan fingerprint density at radius 2 is 2.04 bits per heavy atom. The molecule has 0 bridgehead atoms. The molecule has 0 saturated carbocycles. The van der Waals surface area contributed by atoms with Crippen LogP contribution in [0, 0.1) is 12.7 Å². The summed E-state index contributed by atoms with van der Waals surface area (Å²) in [5, 5.41) is 8.15. The fourth-order valence-electron chi connectivity index (χ4n) is 3.36. The first-order chi connectivity index (χ1) is 12.2. The number of halogens is 1. The number of rotatable bonds is 4. The summed E-state index contributed by atoms with van der Waals surface area (Å²) in [7, 11) is 0. The number of pyridine rings is 1. The minimum atomic E-state index is -0.323. The van der Waals surface area contributed by atoms with Gasteiger partial charge in [0.2, 0.25) is 0 Å². The summed E-state index contributed by atoms with van der Waals surface area (Å²) < 4.78 is 15.3. The first kappa shape index (κ1) is 15.9. The standard InChI is InChI=1S/C19H20FN5/c1-13-22-18-10-8-16(12-25(18)24-13)23-19(14-5-3-2-4-6-14)17-9-7-15(20)11-21-17/h2-7,9,11,16,19,23H,8,10,12H2,1H3/t16-,19-/m0/s1. The minimum absolute atomic E-state index is 0.0852. The molecule has 1 aromatic carbocycles. The van der Waals surface area contributed by atoms with E-state index < -0.39 is 0 Å². The van der Waals surface area contributed by atoms with Gasteiger partial charge in [0.15, 0.2) is 0 Å². The van der Waals surface area contributed by atoms with Crippen LogP contribution in [0.2, 0.25) is 0 Å². The Kier molecular flexibility index (Phi) is 4.28. The quantitative estimate of drug-likeness (QED) is 0.795. The first-order valence-corrected chi connectivity index (χ1v) is 8.52. The molecule has 6 heteroatoms. The van der Waals surface area contributed by atoms with E-state index >= 15 is 0 Å². The van der Waals surface area contributed by atoms with Gasteiger partial charge in [-0.05, 0) is 31.0 Å². The third-order valence-electron chi connectivity index (χ3n) is 4.55. The van der Waals surface area contributed by atoms with Crippen LogP contribution in [0.3, 0.4) is 0 Å². The zero-order chi connectivity index (χ0) is 17.2. The van der Waals surface area contributed by atoms with Gasteiger partial charge in [0.1, 0.15) is 17.5 Å². The van der Waals surface area contributed by atoms with Crippen LogP contribution in [-0.4, -0.2) is 25.8 Å². The highest BCUT2D eigenvalue weighted by molar-refractivity contribution is 5.28. The zero-order valence-electron chi connectivity index (χ0n) is 14.1. The van der Waals surface area contributed by atoms with Crippen LogP contribution in [0.5, 0.6) is 0 Å². The van der Waals surface area contributed by atoms with Gasteiger partial charge in [0.25, 0.3) is 0 Å². The van der Waals surface area contributed by atoms with Gasteiger partial charge in [0, 0.05) is 12.5 Å². The summed E-state index contributed by atoms with van der Waals surface area (Å²) >= 11 is 0. The Hall–Kier alpha value is -2.60. The lowest BCUT2D eigenvalue weighted by Crippen LogP contribution is -2.40. The van der Waals surface area contributed by atoms with Gasteiger partial charge >= 0.3 is 0 Å². The van der Waals surface area contributed by atoms with Crippen molar-refractivity contribution in [2.45, 2.75) is 38.4 Å². The van der Waals surface area contributed by atoms with Gasteiger partial charge in [-0.1, -0.05) is 30.3 Å². The van der Waals surface area contributed by atoms with Crippen LogP contribution in [0.15, 0.2) is 48.7 Å². The van der Waals surface area contributed by atoms with Crippen LogP contribution in [0.1, 0.15) is 35.4 Å². The second kappa shape index (κ2) is 6.72. The van der Waals surface area contributed by atoms with Crippen molar-refractivity contribution in [2.24, 2.45) is 0 Å². The van der Waals surface area contributed by atoms with E-state index in [9.17, 15) is 4.39 Å². The predicted molar refractivity (Wildman–Crippen MR) is 92.5 cm³/mol. The highest BCUT2D eigenvalue weighted by Gasteiger charge is 2.25. The van der Waals surface area contributed by atoms with Crippen molar-refractivity contribution in [3.8, 4) is 0 Å². The minimum Gasteiger partial charge on any atom is -0.300 e. The number of nitrogens with zero attached hydrogens (tertiary/aromatic N) is 4. The summed E-state index contributed by atoms with van der Waals surface area (Å²) in [5.74, 6) is 1.54. The lowest BCUT2D eigenvalue weighted by atomic mass is 9.99. The maximum absolute atomic E-state index is 13.3. The molecule has 0 aliphatic carbocycles. The molecule has 128 valence electrons. The molecule has 25 heavy (non-hydrogen) atoms. The van der Waals surface area contributed by atoms with Crippen molar-refractivity contribution in [1.29, 1.82) is 0 Å². The maximum Gasteiger partial charge on any atom is 0.147 e. The monoisotopic (exact) mass is 337 g/mol. The molecule has 0 spiro atoms. The maximum atomic E-state index is 13.3. The number of hydrogen-bond donors (Lipinski definition) is 1.